The number of carbonyl (C=O) groups is 1. The number of aliphatic hydroxyl groups is 1. The molecule has 5 heteroatoms. The zero-order valence-corrected chi connectivity index (χ0v) is 12.9. The Morgan fingerprint density at radius 2 is 2.00 bits per heavy atom. The molecule has 2 rings (SSSR count). The van der Waals surface area contributed by atoms with Gasteiger partial charge in [0.1, 0.15) is 0 Å². The van der Waals surface area contributed by atoms with E-state index in [1.165, 1.54) is 0 Å². The summed E-state index contributed by atoms with van der Waals surface area (Å²) < 4.78 is 0. The van der Waals surface area contributed by atoms with Crippen molar-refractivity contribution in [3.63, 3.8) is 0 Å². The van der Waals surface area contributed by atoms with Crippen LogP contribution < -0.4 is 5.32 Å². The van der Waals surface area contributed by atoms with E-state index in [1.807, 2.05) is 24.3 Å². The molecule has 1 saturated carbocycles. The second-order valence-electron chi connectivity index (χ2n) is 5.15. The van der Waals surface area contributed by atoms with Gasteiger partial charge in [-0.15, -0.1) is 11.8 Å². The van der Waals surface area contributed by atoms with E-state index in [2.05, 4.69) is 5.32 Å². The third-order valence-electron chi connectivity index (χ3n) is 3.49. The van der Waals surface area contributed by atoms with Gasteiger partial charge in [0.25, 0.3) is 0 Å². The van der Waals surface area contributed by atoms with E-state index in [1.54, 1.807) is 11.8 Å². The van der Waals surface area contributed by atoms with Crippen LogP contribution in [0, 0.1) is 0 Å². The lowest BCUT2D eigenvalue weighted by Crippen LogP contribution is -2.45. The smallest absolute Gasteiger partial charge is 0.230 e. The highest BCUT2D eigenvalue weighted by atomic mass is 35.5. The number of carbonyl (C=O) groups excluding carboxylic acids is 1. The first-order valence-electron chi connectivity index (χ1n) is 6.95. The number of hydrogen-bond acceptors (Lipinski definition) is 3. The van der Waals surface area contributed by atoms with Gasteiger partial charge in [-0.25, -0.2) is 0 Å². The third kappa shape index (κ3) is 5.00. The van der Waals surface area contributed by atoms with Crippen molar-refractivity contribution in [1.82, 2.24) is 5.32 Å². The van der Waals surface area contributed by atoms with Gasteiger partial charge < -0.3 is 10.4 Å². The van der Waals surface area contributed by atoms with E-state index >= 15 is 0 Å². The molecule has 1 aromatic rings. The summed E-state index contributed by atoms with van der Waals surface area (Å²) in [5, 5.41) is 13.5. The number of benzene rings is 1. The SMILES string of the molecule is O=C(CSCc1ccc(Cl)cc1)NC1CCCCC1O. The predicted molar refractivity (Wildman–Crippen MR) is 84.0 cm³/mol. The number of nitrogens with one attached hydrogen (secondary N) is 1. The summed E-state index contributed by atoms with van der Waals surface area (Å²) in [6, 6.07) is 7.59. The minimum atomic E-state index is -0.381. The summed E-state index contributed by atoms with van der Waals surface area (Å²) in [5.74, 6) is 1.22. The van der Waals surface area contributed by atoms with E-state index in [0.29, 0.717) is 5.75 Å². The van der Waals surface area contributed by atoms with Crippen LogP contribution in [0.3, 0.4) is 0 Å². The average molecular weight is 314 g/mol. The summed E-state index contributed by atoms with van der Waals surface area (Å²) in [7, 11) is 0. The number of halogens is 1. The number of rotatable bonds is 5. The summed E-state index contributed by atoms with van der Waals surface area (Å²) >= 11 is 7.40. The molecule has 1 aromatic carbocycles. The van der Waals surface area contributed by atoms with Crippen molar-refractivity contribution in [3.05, 3.63) is 34.9 Å². The molecule has 0 spiro atoms. The first-order chi connectivity index (χ1) is 9.65. The van der Waals surface area contributed by atoms with Gasteiger partial charge in [0.05, 0.1) is 17.9 Å². The standard InChI is InChI=1S/C15H20ClNO2S/c16-12-7-5-11(6-8-12)9-20-10-15(19)17-13-3-1-2-4-14(13)18/h5-8,13-14,18H,1-4,9-10H2,(H,17,19). The Labute approximate surface area is 129 Å². The van der Waals surface area contributed by atoms with Gasteiger partial charge in [-0.2, -0.15) is 0 Å². The van der Waals surface area contributed by atoms with Crippen LogP contribution in [0.2, 0.25) is 5.02 Å². The Kier molecular flexibility index (Phi) is 6.20. The molecule has 110 valence electrons. The highest BCUT2D eigenvalue weighted by molar-refractivity contribution is 7.99. The summed E-state index contributed by atoms with van der Waals surface area (Å²) in [5.41, 5.74) is 1.16. The van der Waals surface area contributed by atoms with Gasteiger partial charge in [0.15, 0.2) is 0 Å². The molecule has 2 N–H and O–H groups in total. The topological polar surface area (TPSA) is 49.3 Å². The second kappa shape index (κ2) is 7.91. The number of thioether (sulfide) groups is 1. The van der Waals surface area contributed by atoms with Gasteiger partial charge in [-0.1, -0.05) is 36.6 Å². The molecular formula is C15H20ClNO2S. The highest BCUT2D eigenvalue weighted by Gasteiger charge is 2.24. The first kappa shape index (κ1) is 15.7. The van der Waals surface area contributed by atoms with Crippen molar-refractivity contribution in [2.75, 3.05) is 5.75 Å². The molecule has 0 aromatic heterocycles. The predicted octanol–water partition coefficient (Wildman–Crippen LogP) is 2.99. The molecule has 0 heterocycles. The van der Waals surface area contributed by atoms with E-state index in [0.717, 1.165) is 42.0 Å². The lowest BCUT2D eigenvalue weighted by Gasteiger charge is -2.28. The maximum Gasteiger partial charge on any atom is 0.230 e. The van der Waals surface area contributed by atoms with E-state index in [-0.39, 0.29) is 18.1 Å². The fraction of sp³-hybridized carbons (Fsp3) is 0.533. The van der Waals surface area contributed by atoms with Crippen molar-refractivity contribution < 1.29 is 9.90 Å². The van der Waals surface area contributed by atoms with Crippen molar-refractivity contribution in [2.24, 2.45) is 0 Å². The van der Waals surface area contributed by atoms with Crippen molar-refractivity contribution in [2.45, 2.75) is 43.6 Å². The molecule has 0 radical (unpaired) electrons. The summed E-state index contributed by atoms with van der Waals surface area (Å²) in [6.45, 7) is 0. The molecule has 1 fully saturated rings. The van der Waals surface area contributed by atoms with Gasteiger partial charge >= 0.3 is 0 Å². The Balaban J connectivity index is 1.68. The van der Waals surface area contributed by atoms with Gasteiger partial charge in [0, 0.05) is 10.8 Å². The third-order valence-corrected chi connectivity index (χ3v) is 4.75. The van der Waals surface area contributed by atoms with Crippen LogP contribution >= 0.6 is 23.4 Å². The Bertz CT molecular complexity index is 438. The normalized spacial score (nSPS) is 22.5. The number of hydrogen-bond donors (Lipinski definition) is 2. The van der Waals surface area contributed by atoms with Crippen LogP contribution in [-0.2, 0) is 10.5 Å². The van der Waals surface area contributed by atoms with Crippen molar-refractivity contribution >= 4 is 29.3 Å². The molecule has 1 aliphatic carbocycles. The Morgan fingerprint density at radius 3 is 2.70 bits per heavy atom. The molecule has 0 aliphatic heterocycles. The molecule has 3 nitrogen and oxygen atoms in total. The maximum atomic E-state index is 11.8. The molecule has 0 saturated heterocycles. The molecule has 2 unspecified atom stereocenters. The zero-order valence-electron chi connectivity index (χ0n) is 11.3. The number of aliphatic hydroxyl groups excluding tert-OH is 1. The van der Waals surface area contributed by atoms with Crippen LogP contribution in [0.15, 0.2) is 24.3 Å². The fourth-order valence-corrected chi connectivity index (χ4v) is 3.30. The lowest BCUT2D eigenvalue weighted by molar-refractivity contribution is -0.120. The van der Waals surface area contributed by atoms with E-state index in [9.17, 15) is 9.90 Å². The monoisotopic (exact) mass is 313 g/mol. The molecule has 20 heavy (non-hydrogen) atoms. The van der Waals surface area contributed by atoms with Gasteiger partial charge in [0.2, 0.25) is 5.91 Å². The molecule has 0 bridgehead atoms. The van der Waals surface area contributed by atoms with Crippen LogP contribution in [0.1, 0.15) is 31.2 Å². The average Bonchev–Trinajstić information content (AvgIpc) is 2.44. The van der Waals surface area contributed by atoms with Crippen LogP contribution in [0.4, 0.5) is 0 Å². The second-order valence-corrected chi connectivity index (χ2v) is 6.57. The highest BCUT2D eigenvalue weighted by Crippen LogP contribution is 2.19. The molecule has 1 amide bonds. The summed E-state index contributed by atoms with van der Waals surface area (Å²) in [4.78, 5) is 11.8. The van der Waals surface area contributed by atoms with Crippen LogP contribution in [0.5, 0.6) is 0 Å². The van der Waals surface area contributed by atoms with Crippen LogP contribution in [0.25, 0.3) is 0 Å². The molecule has 1 aliphatic rings. The van der Waals surface area contributed by atoms with Crippen LogP contribution in [-0.4, -0.2) is 28.9 Å². The van der Waals surface area contributed by atoms with Crippen molar-refractivity contribution in [3.8, 4) is 0 Å². The molecular weight excluding hydrogens is 294 g/mol. The van der Waals surface area contributed by atoms with E-state index < -0.39 is 0 Å². The van der Waals surface area contributed by atoms with E-state index in [4.69, 9.17) is 11.6 Å². The zero-order chi connectivity index (χ0) is 14.4. The maximum absolute atomic E-state index is 11.8. The lowest BCUT2D eigenvalue weighted by atomic mass is 9.93. The first-order valence-corrected chi connectivity index (χ1v) is 8.48. The Morgan fingerprint density at radius 1 is 1.30 bits per heavy atom. The molecule has 2 atom stereocenters. The fourth-order valence-electron chi connectivity index (χ4n) is 2.37. The summed E-state index contributed by atoms with van der Waals surface area (Å²) in [6.07, 6.45) is 3.44. The Hall–Kier alpha value is -0.710. The quantitative estimate of drug-likeness (QED) is 0.878. The minimum Gasteiger partial charge on any atom is -0.391 e. The largest absolute Gasteiger partial charge is 0.391 e. The number of amides is 1. The minimum absolute atomic E-state index is 0.00918. The van der Waals surface area contributed by atoms with Crippen molar-refractivity contribution in [1.29, 1.82) is 0 Å². The van der Waals surface area contributed by atoms with Gasteiger partial charge in [-0.3, -0.25) is 4.79 Å². The van der Waals surface area contributed by atoms with Gasteiger partial charge in [-0.05, 0) is 30.5 Å².